The average molecular weight is 456 g/mol. The highest BCUT2D eigenvalue weighted by Crippen LogP contribution is 2.20. The molecule has 0 aliphatic rings. The smallest absolute Gasteiger partial charge is 0.271 e. The highest BCUT2D eigenvalue weighted by molar-refractivity contribution is 6.35. The third kappa shape index (κ3) is 6.31. The van der Waals surface area contributed by atoms with Gasteiger partial charge in [0, 0.05) is 17.0 Å². The summed E-state index contributed by atoms with van der Waals surface area (Å²) in [6.45, 7) is 0. The molecule has 3 amide bonds. The minimum Gasteiger partial charge on any atom is -0.340 e. The summed E-state index contributed by atoms with van der Waals surface area (Å²) in [4.78, 5) is 37.8. The number of hydrazine groups is 1. The summed E-state index contributed by atoms with van der Waals surface area (Å²) in [6.07, 6.45) is 0.235. The molecule has 31 heavy (non-hydrogen) atoms. The van der Waals surface area contributed by atoms with Crippen molar-refractivity contribution in [2.24, 2.45) is 0 Å². The highest BCUT2D eigenvalue weighted by Gasteiger charge is 2.23. The first kappa shape index (κ1) is 22.3. The normalized spacial score (nSPS) is 11.3. The topological polar surface area (TPSA) is 87.3 Å². The molecule has 0 aliphatic heterocycles. The Balaban J connectivity index is 1.71. The predicted molar refractivity (Wildman–Crippen MR) is 120 cm³/mol. The van der Waals surface area contributed by atoms with Crippen LogP contribution in [0.5, 0.6) is 0 Å². The Hall–Kier alpha value is -3.35. The van der Waals surface area contributed by atoms with Gasteiger partial charge in [0.15, 0.2) is 0 Å². The number of amides is 3. The van der Waals surface area contributed by atoms with Gasteiger partial charge in [-0.1, -0.05) is 71.7 Å². The predicted octanol–water partition coefficient (Wildman–Crippen LogP) is 3.80. The number of rotatable bonds is 6. The summed E-state index contributed by atoms with van der Waals surface area (Å²) >= 11 is 11.9. The standard InChI is InChI=1S/C23H19Cl2N3O3/c24-17-11-12-19(25)18(14-17)22(30)27-28-23(31)20(13-15-7-3-1-4-8-15)26-21(29)16-9-5-2-6-10-16/h1-12,14,20H,13H2,(H,26,29)(H,27,30)(H,28,31). The number of benzene rings is 3. The van der Waals surface area contributed by atoms with Crippen molar-refractivity contribution in [2.75, 3.05) is 0 Å². The van der Waals surface area contributed by atoms with Gasteiger partial charge < -0.3 is 5.32 Å². The van der Waals surface area contributed by atoms with Crippen molar-refractivity contribution >= 4 is 40.9 Å². The van der Waals surface area contributed by atoms with Gasteiger partial charge in [-0.15, -0.1) is 0 Å². The molecule has 0 saturated heterocycles. The van der Waals surface area contributed by atoms with Gasteiger partial charge in [0.25, 0.3) is 17.7 Å². The lowest BCUT2D eigenvalue weighted by atomic mass is 10.0. The van der Waals surface area contributed by atoms with Crippen LogP contribution in [-0.2, 0) is 11.2 Å². The van der Waals surface area contributed by atoms with Crippen molar-refractivity contribution < 1.29 is 14.4 Å². The van der Waals surface area contributed by atoms with Gasteiger partial charge >= 0.3 is 0 Å². The van der Waals surface area contributed by atoms with E-state index in [1.165, 1.54) is 12.1 Å². The van der Waals surface area contributed by atoms with Crippen LogP contribution in [0.1, 0.15) is 26.3 Å². The summed E-state index contributed by atoms with van der Waals surface area (Å²) < 4.78 is 0. The third-order valence-electron chi connectivity index (χ3n) is 4.41. The molecular weight excluding hydrogens is 437 g/mol. The van der Waals surface area contributed by atoms with E-state index in [-0.39, 0.29) is 17.0 Å². The molecule has 0 aliphatic carbocycles. The lowest BCUT2D eigenvalue weighted by Crippen LogP contribution is -2.53. The van der Waals surface area contributed by atoms with E-state index >= 15 is 0 Å². The number of carbonyl (C=O) groups is 3. The van der Waals surface area contributed by atoms with Crippen LogP contribution < -0.4 is 16.2 Å². The van der Waals surface area contributed by atoms with E-state index < -0.39 is 23.8 Å². The molecule has 0 fully saturated rings. The van der Waals surface area contributed by atoms with Crippen LogP contribution >= 0.6 is 23.2 Å². The minimum absolute atomic E-state index is 0.113. The SMILES string of the molecule is O=C(NC(Cc1ccccc1)C(=O)NNC(=O)c1cc(Cl)ccc1Cl)c1ccccc1. The Morgan fingerprint density at radius 2 is 1.42 bits per heavy atom. The molecule has 6 nitrogen and oxygen atoms in total. The molecule has 0 spiro atoms. The summed E-state index contributed by atoms with van der Waals surface area (Å²) in [5.41, 5.74) is 6.04. The molecule has 1 unspecified atom stereocenters. The second-order valence-corrected chi connectivity index (χ2v) is 7.49. The van der Waals surface area contributed by atoms with Crippen molar-refractivity contribution in [1.82, 2.24) is 16.2 Å². The van der Waals surface area contributed by atoms with Gasteiger partial charge in [-0.05, 0) is 35.9 Å². The summed E-state index contributed by atoms with van der Waals surface area (Å²) in [6, 6.07) is 21.3. The maximum Gasteiger partial charge on any atom is 0.271 e. The Labute approximate surface area is 189 Å². The van der Waals surface area contributed by atoms with Crippen molar-refractivity contribution in [3.63, 3.8) is 0 Å². The zero-order chi connectivity index (χ0) is 22.2. The maximum absolute atomic E-state index is 12.8. The van der Waals surface area contributed by atoms with Crippen molar-refractivity contribution in [3.05, 3.63) is 106 Å². The maximum atomic E-state index is 12.8. The van der Waals surface area contributed by atoms with Gasteiger partial charge in [0.2, 0.25) is 0 Å². The summed E-state index contributed by atoms with van der Waals surface area (Å²) in [5, 5.41) is 3.24. The second kappa shape index (κ2) is 10.6. The van der Waals surface area contributed by atoms with E-state index in [4.69, 9.17) is 23.2 Å². The quantitative estimate of drug-likeness (QED) is 0.494. The number of nitrogens with one attached hydrogen (secondary N) is 3. The molecule has 0 radical (unpaired) electrons. The molecule has 3 aromatic carbocycles. The zero-order valence-corrected chi connectivity index (χ0v) is 17.8. The van der Waals surface area contributed by atoms with E-state index in [2.05, 4.69) is 16.2 Å². The van der Waals surface area contributed by atoms with Gasteiger partial charge in [-0.2, -0.15) is 0 Å². The molecule has 8 heteroatoms. The van der Waals surface area contributed by atoms with Crippen molar-refractivity contribution in [1.29, 1.82) is 0 Å². The molecule has 3 rings (SSSR count). The van der Waals surface area contributed by atoms with Gasteiger partial charge in [0.1, 0.15) is 6.04 Å². The van der Waals surface area contributed by atoms with E-state index in [0.29, 0.717) is 10.6 Å². The Bertz CT molecular complexity index is 1080. The average Bonchev–Trinajstić information content (AvgIpc) is 2.79. The van der Waals surface area contributed by atoms with E-state index in [1.54, 1.807) is 36.4 Å². The lowest BCUT2D eigenvalue weighted by Gasteiger charge is -2.19. The van der Waals surface area contributed by atoms with Crippen LogP contribution in [0.15, 0.2) is 78.9 Å². The summed E-state index contributed by atoms with van der Waals surface area (Å²) in [5.74, 6) is -1.62. The van der Waals surface area contributed by atoms with Crippen molar-refractivity contribution in [3.8, 4) is 0 Å². The molecule has 3 aromatic rings. The van der Waals surface area contributed by atoms with Gasteiger partial charge in [-0.25, -0.2) is 0 Å². The van der Waals surface area contributed by atoms with Crippen LogP contribution in [-0.4, -0.2) is 23.8 Å². The summed E-state index contributed by atoms with van der Waals surface area (Å²) in [7, 11) is 0. The molecule has 1 atom stereocenters. The molecule has 0 saturated carbocycles. The fourth-order valence-electron chi connectivity index (χ4n) is 2.83. The first-order chi connectivity index (χ1) is 14.9. The number of hydrogen-bond acceptors (Lipinski definition) is 3. The Morgan fingerprint density at radius 3 is 2.10 bits per heavy atom. The van der Waals surface area contributed by atoms with Crippen molar-refractivity contribution in [2.45, 2.75) is 12.5 Å². The number of halogens is 2. The third-order valence-corrected chi connectivity index (χ3v) is 4.98. The van der Waals surface area contributed by atoms with Crippen LogP contribution in [0, 0.1) is 0 Å². The number of hydrogen-bond donors (Lipinski definition) is 3. The second-order valence-electron chi connectivity index (χ2n) is 6.65. The van der Waals surface area contributed by atoms with Crippen LogP contribution in [0.3, 0.4) is 0 Å². The fraction of sp³-hybridized carbons (Fsp3) is 0.0870. The Kier molecular flexibility index (Phi) is 7.65. The zero-order valence-electron chi connectivity index (χ0n) is 16.3. The fourth-order valence-corrected chi connectivity index (χ4v) is 3.21. The monoisotopic (exact) mass is 455 g/mol. The van der Waals surface area contributed by atoms with Crippen LogP contribution in [0.25, 0.3) is 0 Å². The molecular formula is C23H19Cl2N3O3. The molecule has 0 bridgehead atoms. The van der Waals surface area contributed by atoms with Gasteiger partial charge in [0.05, 0.1) is 10.6 Å². The molecule has 0 heterocycles. The van der Waals surface area contributed by atoms with Crippen LogP contribution in [0.2, 0.25) is 10.0 Å². The first-order valence-electron chi connectivity index (χ1n) is 9.39. The van der Waals surface area contributed by atoms with E-state index in [1.807, 2.05) is 30.3 Å². The highest BCUT2D eigenvalue weighted by atomic mass is 35.5. The molecule has 0 aromatic heterocycles. The van der Waals surface area contributed by atoms with E-state index in [9.17, 15) is 14.4 Å². The lowest BCUT2D eigenvalue weighted by molar-refractivity contribution is -0.123. The van der Waals surface area contributed by atoms with E-state index in [0.717, 1.165) is 5.56 Å². The van der Waals surface area contributed by atoms with Gasteiger partial charge in [-0.3, -0.25) is 25.2 Å². The largest absolute Gasteiger partial charge is 0.340 e. The first-order valence-corrected chi connectivity index (χ1v) is 10.1. The molecule has 158 valence electrons. The van der Waals surface area contributed by atoms with Crippen LogP contribution in [0.4, 0.5) is 0 Å². The Morgan fingerprint density at radius 1 is 0.774 bits per heavy atom. The minimum atomic E-state index is -0.926. The number of carbonyl (C=O) groups excluding carboxylic acids is 3. The molecule has 3 N–H and O–H groups in total.